The summed E-state index contributed by atoms with van der Waals surface area (Å²) in [6, 6.07) is 11.4. The minimum Gasteiger partial charge on any atom is -0.313 e. The number of hydrogen-bond acceptors (Lipinski definition) is 2. The molecule has 1 aliphatic heterocycles. The Kier molecular flexibility index (Phi) is 3.31. The van der Waals surface area contributed by atoms with Gasteiger partial charge in [0.25, 0.3) is 0 Å². The van der Waals surface area contributed by atoms with Gasteiger partial charge in [0.2, 0.25) is 0 Å². The van der Waals surface area contributed by atoms with E-state index in [9.17, 15) is 0 Å². The van der Waals surface area contributed by atoms with Crippen LogP contribution in [0.15, 0.2) is 30.3 Å². The topological polar surface area (TPSA) is 15.3 Å². The quantitative estimate of drug-likeness (QED) is 0.816. The largest absolute Gasteiger partial charge is 0.313 e. The Morgan fingerprint density at radius 3 is 2.69 bits per heavy atom. The molecule has 1 N–H and O–H groups in total. The third-order valence-corrected chi connectivity index (χ3v) is 3.75. The van der Waals surface area contributed by atoms with Crippen LogP contribution in [0.25, 0.3) is 0 Å². The molecule has 0 bridgehead atoms. The predicted octanol–water partition coefficient (Wildman–Crippen LogP) is 1.91. The van der Waals surface area contributed by atoms with Crippen LogP contribution < -0.4 is 5.32 Å². The summed E-state index contributed by atoms with van der Waals surface area (Å²) in [4.78, 5) is 2.51. The first-order valence-electron chi connectivity index (χ1n) is 6.07. The van der Waals surface area contributed by atoms with Crippen molar-refractivity contribution in [1.82, 2.24) is 10.2 Å². The van der Waals surface area contributed by atoms with Gasteiger partial charge in [-0.05, 0) is 32.9 Å². The molecule has 1 heterocycles. The number of piperazine rings is 1. The van der Waals surface area contributed by atoms with Gasteiger partial charge < -0.3 is 5.32 Å². The van der Waals surface area contributed by atoms with Gasteiger partial charge in [-0.2, -0.15) is 0 Å². The van der Waals surface area contributed by atoms with Crippen LogP contribution in [-0.4, -0.2) is 36.6 Å². The number of nitrogens with zero attached hydrogens (tertiary/aromatic N) is 1. The summed E-state index contributed by atoms with van der Waals surface area (Å²) in [5.41, 5.74) is 1.69. The highest BCUT2D eigenvalue weighted by Crippen LogP contribution is 2.20. The zero-order valence-electron chi connectivity index (χ0n) is 10.5. The van der Waals surface area contributed by atoms with Gasteiger partial charge >= 0.3 is 0 Å². The molecule has 16 heavy (non-hydrogen) atoms. The molecule has 1 aliphatic rings. The fourth-order valence-electron chi connectivity index (χ4n) is 2.40. The lowest BCUT2D eigenvalue weighted by Crippen LogP contribution is -2.61. The van der Waals surface area contributed by atoms with E-state index >= 15 is 0 Å². The van der Waals surface area contributed by atoms with E-state index in [1.807, 2.05) is 0 Å². The van der Waals surface area contributed by atoms with Crippen LogP contribution in [0.5, 0.6) is 0 Å². The summed E-state index contributed by atoms with van der Waals surface area (Å²) in [6.07, 6.45) is 1.13. The lowest BCUT2D eigenvalue weighted by molar-refractivity contribution is 0.0655. The van der Waals surface area contributed by atoms with Crippen molar-refractivity contribution in [2.24, 2.45) is 0 Å². The van der Waals surface area contributed by atoms with Crippen molar-refractivity contribution >= 4 is 0 Å². The minimum atomic E-state index is 0.262. The Morgan fingerprint density at radius 2 is 2.00 bits per heavy atom. The van der Waals surface area contributed by atoms with Gasteiger partial charge in [-0.15, -0.1) is 0 Å². The molecule has 88 valence electrons. The van der Waals surface area contributed by atoms with Gasteiger partial charge in [0.15, 0.2) is 0 Å². The Hall–Kier alpha value is -0.860. The van der Waals surface area contributed by atoms with E-state index in [1.54, 1.807) is 0 Å². The fraction of sp³-hybridized carbons (Fsp3) is 0.571. The molecule has 0 radical (unpaired) electrons. The number of benzene rings is 1. The number of rotatable bonds is 2. The summed E-state index contributed by atoms with van der Waals surface area (Å²) >= 11 is 0. The molecule has 2 rings (SSSR count). The van der Waals surface area contributed by atoms with Crippen molar-refractivity contribution in [1.29, 1.82) is 0 Å². The van der Waals surface area contributed by atoms with Crippen molar-refractivity contribution in [3.63, 3.8) is 0 Å². The highest BCUT2D eigenvalue weighted by Gasteiger charge is 2.32. The Labute approximate surface area is 98.7 Å². The van der Waals surface area contributed by atoms with Gasteiger partial charge in [-0.3, -0.25) is 4.90 Å². The third kappa shape index (κ3) is 2.45. The maximum Gasteiger partial charge on any atom is 0.0278 e. The van der Waals surface area contributed by atoms with Crippen molar-refractivity contribution in [3.05, 3.63) is 35.9 Å². The maximum absolute atomic E-state index is 3.53. The van der Waals surface area contributed by atoms with Crippen molar-refractivity contribution in [2.45, 2.75) is 31.8 Å². The van der Waals surface area contributed by atoms with Gasteiger partial charge in [0.1, 0.15) is 0 Å². The van der Waals surface area contributed by atoms with E-state index < -0.39 is 0 Å². The number of likely N-dealkylation sites (N-methyl/N-ethyl adjacent to an activating group) is 1. The first-order chi connectivity index (χ1) is 7.59. The van der Waals surface area contributed by atoms with E-state index in [1.165, 1.54) is 5.56 Å². The molecular formula is C14H22N2. The van der Waals surface area contributed by atoms with Gasteiger partial charge in [-0.1, -0.05) is 30.3 Å². The summed E-state index contributed by atoms with van der Waals surface area (Å²) in [5.74, 6) is 0. The zero-order chi connectivity index (χ0) is 11.6. The Balaban J connectivity index is 2.05. The van der Waals surface area contributed by atoms with Gasteiger partial charge in [0.05, 0.1) is 0 Å². The highest BCUT2D eigenvalue weighted by atomic mass is 15.3. The van der Waals surface area contributed by atoms with E-state index in [2.05, 4.69) is 61.4 Å². The van der Waals surface area contributed by atoms with Crippen molar-refractivity contribution < 1.29 is 0 Å². The molecule has 1 aromatic rings. The molecule has 1 unspecified atom stereocenters. The van der Waals surface area contributed by atoms with Crippen molar-refractivity contribution in [2.75, 3.05) is 20.1 Å². The molecule has 1 saturated heterocycles. The second-order valence-corrected chi connectivity index (χ2v) is 5.40. The fourth-order valence-corrected chi connectivity index (χ4v) is 2.40. The van der Waals surface area contributed by atoms with E-state index in [4.69, 9.17) is 0 Å². The second-order valence-electron chi connectivity index (χ2n) is 5.40. The molecule has 0 amide bonds. The third-order valence-electron chi connectivity index (χ3n) is 3.75. The van der Waals surface area contributed by atoms with Gasteiger partial charge in [-0.25, -0.2) is 0 Å². The number of nitrogens with one attached hydrogen (secondary N) is 1. The van der Waals surface area contributed by atoms with Crippen LogP contribution in [0.4, 0.5) is 0 Å². The highest BCUT2D eigenvalue weighted by molar-refractivity contribution is 5.16. The van der Waals surface area contributed by atoms with Crippen LogP contribution >= 0.6 is 0 Å². The van der Waals surface area contributed by atoms with Crippen LogP contribution in [0, 0.1) is 0 Å². The summed E-state index contributed by atoms with van der Waals surface area (Å²) in [7, 11) is 2.24. The average Bonchev–Trinajstić information content (AvgIpc) is 2.26. The lowest BCUT2D eigenvalue weighted by atomic mass is 9.94. The van der Waals surface area contributed by atoms with E-state index in [-0.39, 0.29) is 5.54 Å². The SMILES string of the molecule is CN1C(Cc2ccccc2)CNCC1(C)C. The standard InChI is InChI=1S/C14H22N2/c1-14(2)11-15-10-13(16(14)3)9-12-7-5-4-6-8-12/h4-8,13,15H,9-11H2,1-3H3. The molecule has 2 heteroatoms. The summed E-state index contributed by atoms with van der Waals surface area (Å²) in [6.45, 7) is 6.78. The Bertz CT molecular complexity index is 332. The molecule has 0 aromatic heterocycles. The molecule has 1 fully saturated rings. The van der Waals surface area contributed by atoms with Gasteiger partial charge in [0, 0.05) is 24.7 Å². The molecule has 0 aliphatic carbocycles. The Morgan fingerprint density at radius 1 is 1.31 bits per heavy atom. The van der Waals surface area contributed by atoms with E-state index in [0.29, 0.717) is 6.04 Å². The molecule has 0 saturated carbocycles. The smallest absolute Gasteiger partial charge is 0.0278 e. The maximum atomic E-state index is 3.53. The second kappa shape index (κ2) is 4.56. The molecule has 0 spiro atoms. The van der Waals surface area contributed by atoms with E-state index in [0.717, 1.165) is 19.5 Å². The van der Waals surface area contributed by atoms with Crippen LogP contribution in [0.2, 0.25) is 0 Å². The lowest BCUT2D eigenvalue weighted by Gasteiger charge is -2.46. The molecule has 2 nitrogen and oxygen atoms in total. The number of hydrogen-bond donors (Lipinski definition) is 1. The van der Waals surface area contributed by atoms with Crippen LogP contribution in [0.3, 0.4) is 0 Å². The monoisotopic (exact) mass is 218 g/mol. The summed E-state index contributed by atoms with van der Waals surface area (Å²) < 4.78 is 0. The minimum absolute atomic E-state index is 0.262. The van der Waals surface area contributed by atoms with Crippen molar-refractivity contribution in [3.8, 4) is 0 Å². The van der Waals surface area contributed by atoms with Crippen LogP contribution in [-0.2, 0) is 6.42 Å². The first kappa shape index (κ1) is 11.6. The predicted molar refractivity (Wildman–Crippen MR) is 68.6 cm³/mol. The summed E-state index contributed by atoms with van der Waals surface area (Å²) in [5, 5.41) is 3.53. The normalized spacial score (nSPS) is 25.6. The molecule has 1 aromatic carbocycles. The average molecular weight is 218 g/mol. The van der Waals surface area contributed by atoms with Crippen LogP contribution in [0.1, 0.15) is 19.4 Å². The molecule has 1 atom stereocenters. The molecular weight excluding hydrogens is 196 g/mol. The first-order valence-corrected chi connectivity index (χ1v) is 6.07. The zero-order valence-corrected chi connectivity index (χ0v) is 10.5.